The molecule has 1 aliphatic rings. The van der Waals surface area contributed by atoms with Crippen molar-refractivity contribution < 1.29 is 14.0 Å². The molecule has 148 valence electrons. The van der Waals surface area contributed by atoms with Crippen molar-refractivity contribution in [2.45, 2.75) is 44.8 Å². The Labute approximate surface area is 169 Å². The van der Waals surface area contributed by atoms with Crippen LogP contribution in [0.2, 0.25) is 5.02 Å². The molecule has 0 unspecified atom stereocenters. The van der Waals surface area contributed by atoms with E-state index in [-0.39, 0.29) is 23.0 Å². The molecule has 28 heavy (non-hydrogen) atoms. The highest BCUT2D eigenvalue weighted by molar-refractivity contribution is 6.31. The summed E-state index contributed by atoms with van der Waals surface area (Å²) >= 11 is 6.04. The normalized spacial score (nSPS) is 22.1. The Bertz CT molecular complexity index is 894. The summed E-state index contributed by atoms with van der Waals surface area (Å²) in [5.74, 6) is -1.17. The first-order chi connectivity index (χ1) is 13.1. The van der Waals surface area contributed by atoms with Gasteiger partial charge in [0.2, 0.25) is 5.91 Å². The van der Waals surface area contributed by atoms with Crippen molar-refractivity contribution in [3.8, 4) is 0 Å². The first-order valence-corrected chi connectivity index (χ1v) is 9.65. The van der Waals surface area contributed by atoms with Gasteiger partial charge in [0.05, 0.1) is 6.04 Å². The fourth-order valence-electron chi connectivity index (χ4n) is 3.57. The number of carbonyl (C=O) groups excluding carboxylic acids is 2. The zero-order chi connectivity index (χ0) is 20.5. The van der Waals surface area contributed by atoms with E-state index >= 15 is 0 Å². The van der Waals surface area contributed by atoms with Gasteiger partial charge < -0.3 is 5.32 Å². The van der Waals surface area contributed by atoms with Crippen molar-refractivity contribution in [2.75, 3.05) is 0 Å². The lowest BCUT2D eigenvalue weighted by atomic mass is 9.86. The topological polar surface area (TPSA) is 58.2 Å². The van der Waals surface area contributed by atoms with Crippen LogP contribution in [-0.4, -0.2) is 23.3 Å². The number of hydrogen-bond donors (Lipinski definition) is 2. The number of benzene rings is 2. The molecule has 2 N–H and O–H groups in total. The molecule has 2 aromatic carbocycles. The Morgan fingerprint density at radius 2 is 1.86 bits per heavy atom. The van der Waals surface area contributed by atoms with Gasteiger partial charge in [0.15, 0.2) is 5.78 Å². The summed E-state index contributed by atoms with van der Waals surface area (Å²) < 4.78 is 13.8. The van der Waals surface area contributed by atoms with Gasteiger partial charge in [0.1, 0.15) is 5.82 Å². The van der Waals surface area contributed by atoms with Crippen LogP contribution >= 0.6 is 11.6 Å². The van der Waals surface area contributed by atoms with Gasteiger partial charge in [-0.15, -0.1) is 0 Å². The van der Waals surface area contributed by atoms with Crippen molar-refractivity contribution >= 4 is 23.3 Å². The fourth-order valence-corrected chi connectivity index (χ4v) is 3.76. The molecule has 0 spiro atoms. The second-order valence-electron chi connectivity index (χ2n) is 8.21. The third-order valence-electron chi connectivity index (χ3n) is 4.74. The van der Waals surface area contributed by atoms with Crippen LogP contribution in [0, 0.1) is 11.7 Å². The summed E-state index contributed by atoms with van der Waals surface area (Å²) in [4.78, 5) is 25.9. The zero-order valence-corrected chi connectivity index (χ0v) is 16.9. The average molecular weight is 403 g/mol. The molecule has 0 aliphatic carbocycles. The summed E-state index contributed by atoms with van der Waals surface area (Å²) in [5, 5.41) is 6.66. The summed E-state index contributed by atoms with van der Waals surface area (Å²) in [6, 6.07) is 11.9. The Kier molecular flexibility index (Phi) is 5.87. The predicted molar refractivity (Wildman–Crippen MR) is 108 cm³/mol. The molecular weight excluding hydrogens is 379 g/mol. The number of nitrogens with one attached hydrogen (secondary N) is 2. The van der Waals surface area contributed by atoms with Crippen LogP contribution in [0.15, 0.2) is 48.5 Å². The highest BCUT2D eigenvalue weighted by atomic mass is 35.5. The maximum Gasteiger partial charge on any atom is 0.237 e. The Balaban J connectivity index is 1.92. The van der Waals surface area contributed by atoms with E-state index < -0.39 is 18.0 Å². The van der Waals surface area contributed by atoms with Gasteiger partial charge in [0.25, 0.3) is 0 Å². The summed E-state index contributed by atoms with van der Waals surface area (Å²) in [6.45, 7) is 5.70. The smallest absolute Gasteiger partial charge is 0.237 e. The van der Waals surface area contributed by atoms with Crippen molar-refractivity contribution in [1.82, 2.24) is 10.6 Å². The molecule has 1 aliphatic heterocycles. The van der Waals surface area contributed by atoms with E-state index in [0.717, 1.165) is 0 Å². The number of hydrogen-bond acceptors (Lipinski definition) is 3. The Hall–Kier alpha value is -2.24. The van der Waals surface area contributed by atoms with Crippen LogP contribution in [0.25, 0.3) is 0 Å². The number of rotatable bonds is 4. The van der Waals surface area contributed by atoms with Crippen LogP contribution in [0.1, 0.15) is 49.2 Å². The van der Waals surface area contributed by atoms with Crippen molar-refractivity contribution in [3.05, 3.63) is 70.5 Å². The summed E-state index contributed by atoms with van der Waals surface area (Å²) in [5.41, 5.74) is 0.742. The lowest BCUT2D eigenvalue weighted by Gasteiger charge is -2.23. The molecule has 0 aromatic heterocycles. The first kappa shape index (κ1) is 20.5. The molecule has 3 rings (SSSR count). The zero-order valence-electron chi connectivity index (χ0n) is 16.1. The summed E-state index contributed by atoms with van der Waals surface area (Å²) in [6.07, 6.45) is 0.328. The minimum atomic E-state index is -0.541. The van der Waals surface area contributed by atoms with E-state index in [2.05, 4.69) is 10.6 Å². The van der Waals surface area contributed by atoms with Crippen molar-refractivity contribution in [1.29, 1.82) is 0 Å². The van der Waals surface area contributed by atoms with Crippen LogP contribution in [0.3, 0.4) is 0 Å². The molecule has 1 heterocycles. The van der Waals surface area contributed by atoms with Crippen LogP contribution < -0.4 is 10.6 Å². The maximum absolute atomic E-state index is 13.8. The number of halogens is 2. The second-order valence-corrected chi connectivity index (χ2v) is 8.64. The molecule has 3 atom stereocenters. The minimum Gasteiger partial charge on any atom is -0.350 e. The molecule has 2 aromatic rings. The molecule has 0 radical (unpaired) electrons. The molecule has 0 bridgehead atoms. The van der Waals surface area contributed by atoms with Gasteiger partial charge in [-0.1, -0.05) is 35.9 Å². The number of Topliss-reactive ketones (excluding diaryl/α,β-unsaturated/α-hetero) is 1. The van der Waals surface area contributed by atoms with E-state index in [1.165, 1.54) is 12.1 Å². The van der Waals surface area contributed by atoms with Gasteiger partial charge in [-0.25, -0.2) is 4.39 Å². The summed E-state index contributed by atoms with van der Waals surface area (Å²) in [7, 11) is 0. The van der Waals surface area contributed by atoms with Gasteiger partial charge in [0, 0.05) is 28.1 Å². The maximum atomic E-state index is 13.8. The predicted octanol–water partition coefficient (Wildman–Crippen LogP) is 4.30. The van der Waals surface area contributed by atoms with Crippen LogP contribution in [0.5, 0.6) is 0 Å². The Morgan fingerprint density at radius 1 is 1.14 bits per heavy atom. The monoisotopic (exact) mass is 402 g/mol. The third kappa shape index (κ3) is 4.78. The lowest BCUT2D eigenvalue weighted by Crippen LogP contribution is -2.48. The third-order valence-corrected chi connectivity index (χ3v) is 4.98. The highest BCUT2D eigenvalue weighted by Gasteiger charge is 2.42. The van der Waals surface area contributed by atoms with Gasteiger partial charge in [-0.05, 0) is 57.0 Å². The minimum absolute atomic E-state index is 0.115. The SMILES string of the molecule is CC(C)(C)NC(=O)[C@@H]1C[C@H](C(=O)c2cccc(Cl)c2)[C@H](c2cccc(F)c2)N1. The van der Waals surface area contributed by atoms with E-state index in [0.29, 0.717) is 22.6 Å². The van der Waals surface area contributed by atoms with Crippen molar-refractivity contribution in [2.24, 2.45) is 5.92 Å². The molecule has 1 fully saturated rings. The van der Waals surface area contributed by atoms with Gasteiger partial charge >= 0.3 is 0 Å². The Morgan fingerprint density at radius 3 is 2.50 bits per heavy atom. The van der Waals surface area contributed by atoms with Gasteiger partial charge in [-0.2, -0.15) is 0 Å². The van der Waals surface area contributed by atoms with E-state index in [1.807, 2.05) is 20.8 Å². The molecule has 4 nitrogen and oxygen atoms in total. The molecule has 1 saturated heterocycles. The number of carbonyl (C=O) groups is 2. The molecule has 6 heteroatoms. The number of amides is 1. The molecule has 1 amide bonds. The average Bonchev–Trinajstić information content (AvgIpc) is 3.05. The van der Waals surface area contributed by atoms with E-state index in [9.17, 15) is 14.0 Å². The quantitative estimate of drug-likeness (QED) is 0.750. The van der Waals surface area contributed by atoms with E-state index in [4.69, 9.17) is 11.6 Å². The van der Waals surface area contributed by atoms with Crippen LogP contribution in [0.4, 0.5) is 4.39 Å². The largest absolute Gasteiger partial charge is 0.350 e. The lowest BCUT2D eigenvalue weighted by molar-refractivity contribution is -0.124. The second kappa shape index (κ2) is 8.02. The highest BCUT2D eigenvalue weighted by Crippen LogP contribution is 2.36. The molecule has 0 saturated carbocycles. The van der Waals surface area contributed by atoms with Crippen LogP contribution in [-0.2, 0) is 4.79 Å². The number of ketones is 1. The van der Waals surface area contributed by atoms with E-state index in [1.54, 1.807) is 36.4 Å². The molecular formula is C22H24ClFN2O2. The van der Waals surface area contributed by atoms with Gasteiger partial charge in [-0.3, -0.25) is 14.9 Å². The fraction of sp³-hybridized carbons (Fsp3) is 0.364. The van der Waals surface area contributed by atoms with Crippen molar-refractivity contribution in [3.63, 3.8) is 0 Å². The standard InChI is InChI=1S/C22H24ClFN2O2/c1-22(2,3)26-21(28)18-12-17(20(27)14-7-4-8-15(23)10-14)19(25-18)13-6-5-9-16(24)11-13/h4-11,17-19,25H,12H2,1-3H3,(H,26,28)/t17-,18-,19-/m0/s1. The first-order valence-electron chi connectivity index (χ1n) is 9.27.